The molecule has 2 N–H and O–H groups in total. The second-order valence-electron chi connectivity index (χ2n) is 3.45. The molecular weight excluding hydrogens is 150 g/mol. The number of aliphatic hydroxyl groups is 1. The summed E-state index contributed by atoms with van der Waals surface area (Å²) in [6.07, 6.45) is 6.57. The maximum Gasteiger partial charge on any atom is 0.0581 e. The molecule has 0 aliphatic heterocycles. The van der Waals surface area contributed by atoms with Crippen LogP contribution in [-0.4, -0.2) is 24.3 Å². The van der Waals surface area contributed by atoms with Crippen LogP contribution in [-0.2, 0) is 0 Å². The molecule has 0 rings (SSSR count). The van der Waals surface area contributed by atoms with Gasteiger partial charge in [0.1, 0.15) is 0 Å². The first-order valence-corrected chi connectivity index (χ1v) is 5.15. The van der Waals surface area contributed by atoms with E-state index in [0.717, 1.165) is 6.54 Å². The summed E-state index contributed by atoms with van der Waals surface area (Å²) < 4.78 is 0. The Bertz CT molecular complexity index is 85.9. The topological polar surface area (TPSA) is 32.3 Å². The Hall–Kier alpha value is -0.0800. The molecule has 0 aromatic carbocycles. The molecule has 0 aromatic heterocycles. The number of hydrogen-bond acceptors (Lipinski definition) is 2. The summed E-state index contributed by atoms with van der Waals surface area (Å²) in [5, 5.41) is 12.0. The van der Waals surface area contributed by atoms with Crippen molar-refractivity contribution in [2.45, 2.75) is 52.0 Å². The van der Waals surface area contributed by atoms with Crippen LogP contribution in [0.15, 0.2) is 0 Å². The summed E-state index contributed by atoms with van der Waals surface area (Å²) in [6.45, 7) is 5.53. The fourth-order valence-electron chi connectivity index (χ4n) is 1.14. The molecule has 1 unspecified atom stereocenters. The minimum absolute atomic E-state index is 0.245. The van der Waals surface area contributed by atoms with Crippen LogP contribution in [0.2, 0.25) is 0 Å². The van der Waals surface area contributed by atoms with Gasteiger partial charge in [-0.15, -0.1) is 0 Å². The lowest BCUT2D eigenvalue weighted by molar-refractivity contribution is 0.251. The molecule has 0 aliphatic carbocycles. The van der Waals surface area contributed by atoms with Crippen LogP contribution in [0.3, 0.4) is 0 Å². The van der Waals surface area contributed by atoms with E-state index in [0.29, 0.717) is 0 Å². The first-order chi connectivity index (χ1) is 5.81. The third kappa shape index (κ3) is 8.02. The van der Waals surface area contributed by atoms with Crippen molar-refractivity contribution in [1.29, 1.82) is 0 Å². The van der Waals surface area contributed by atoms with E-state index in [1.54, 1.807) is 0 Å². The van der Waals surface area contributed by atoms with Crippen molar-refractivity contribution < 1.29 is 5.11 Å². The number of hydrogen-bond donors (Lipinski definition) is 2. The normalized spacial score (nSPS) is 13.2. The predicted molar refractivity (Wildman–Crippen MR) is 53.3 cm³/mol. The lowest BCUT2D eigenvalue weighted by Crippen LogP contribution is -2.29. The maximum absolute atomic E-state index is 8.71. The molecule has 0 aliphatic rings. The standard InChI is InChI=1S/C10H23NO/c1-3-4-5-6-7-8-11-10(2)9-12/h10-12H,3-9H2,1-2H3. The highest BCUT2D eigenvalue weighted by Gasteiger charge is 1.96. The maximum atomic E-state index is 8.71. The lowest BCUT2D eigenvalue weighted by atomic mass is 10.1. The van der Waals surface area contributed by atoms with Crippen molar-refractivity contribution in [3.8, 4) is 0 Å². The molecule has 1 atom stereocenters. The summed E-state index contributed by atoms with van der Waals surface area (Å²) in [4.78, 5) is 0. The van der Waals surface area contributed by atoms with Gasteiger partial charge in [0.05, 0.1) is 6.61 Å². The Morgan fingerprint density at radius 2 is 1.83 bits per heavy atom. The van der Waals surface area contributed by atoms with Gasteiger partial charge in [-0.25, -0.2) is 0 Å². The van der Waals surface area contributed by atoms with Crippen molar-refractivity contribution in [3.05, 3.63) is 0 Å². The Balaban J connectivity index is 2.90. The molecule has 0 aromatic rings. The summed E-state index contributed by atoms with van der Waals surface area (Å²) >= 11 is 0. The molecule has 0 fully saturated rings. The van der Waals surface area contributed by atoms with Gasteiger partial charge in [-0.3, -0.25) is 0 Å². The van der Waals surface area contributed by atoms with Gasteiger partial charge in [0.15, 0.2) is 0 Å². The summed E-state index contributed by atoms with van der Waals surface area (Å²) in [6, 6.07) is 0.260. The van der Waals surface area contributed by atoms with Crippen LogP contribution in [0.5, 0.6) is 0 Å². The molecule has 0 heterocycles. The Kier molecular flexibility index (Phi) is 8.95. The van der Waals surface area contributed by atoms with Crippen molar-refractivity contribution in [3.63, 3.8) is 0 Å². The van der Waals surface area contributed by atoms with E-state index in [1.807, 2.05) is 6.92 Å². The minimum atomic E-state index is 0.245. The van der Waals surface area contributed by atoms with Crippen molar-refractivity contribution in [2.24, 2.45) is 0 Å². The third-order valence-electron chi connectivity index (χ3n) is 2.05. The molecule has 0 radical (unpaired) electrons. The van der Waals surface area contributed by atoms with Gasteiger partial charge < -0.3 is 10.4 Å². The molecule has 0 spiro atoms. The van der Waals surface area contributed by atoms with Gasteiger partial charge in [0.25, 0.3) is 0 Å². The van der Waals surface area contributed by atoms with Gasteiger partial charge in [0.2, 0.25) is 0 Å². The number of aliphatic hydroxyl groups excluding tert-OH is 1. The lowest BCUT2D eigenvalue weighted by Gasteiger charge is -2.09. The first-order valence-electron chi connectivity index (χ1n) is 5.15. The fraction of sp³-hybridized carbons (Fsp3) is 1.00. The molecule has 2 heteroatoms. The largest absolute Gasteiger partial charge is 0.395 e. The van der Waals surface area contributed by atoms with Gasteiger partial charge >= 0.3 is 0 Å². The smallest absolute Gasteiger partial charge is 0.0581 e. The number of nitrogens with one attached hydrogen (secondary N) is 1. The van der Waals surface area contributed by atoms with Gasteiger partial charge in [0, 0.05) is 6.04 Å². The Morgan fingerprint density at radius 1 is 1.17 bits per heavy atom. The van der Waals surface area contributed by atoms with Crippen molar-refractivity contribution in [2.75, 3.05) is 13.2 Å². The van der Waals surface area contributed by atoms with E-state index in [1.165, 1.54) is 32.1 Å². The van der Waals surface area contributed by atoms with E-state index in [4.69, 9.17) is 5.11 Å². The van der Waals surface area contributed by atoms with Crippen LogP contribution in [0, 0.1) is 0 Å². The van der Waals surface area contributed by atoms with Gasteiger partial charge in [-0.05, 0) is 19.9 Å². The van der Waals surface area contributed by atoms with Crippen LogP contribution < -0.4 is 5.32 Å². The SMILES string of the molecule is CCCCCCCNC(C)CO. The second-order valence-corrected chi connectivity index (χ2v) is 3.45. The zero-order chi connectivity index (χ0) is 9.23. The average molecular weight is 173 g/mol. The summed E-state index contributed by atoms with van der Waals surface area (Å²) in [5.74, 6) is 0. The quantitative estimate of drug-likeness (QED) is 0.550. The second kappa shape index (κ2) is 9.01. The molecule has 0 amide bonds. The fourth-order valence-corrected chi connectivity index (χ4v) is 1.14. The Labute approximate surface area is 76.4 Å². The molecule has 0 saturated heterocycles. The third-order valence-corrected chi connectivity index (χ3v) is 2.05. The van der Waals surface area contributed by atoms with Crippen LogP contribution in [0.25, 0.3) is 0 Å². The van der Waals surface area contributed by atoms with Gasteiger partial charge in [-0.2, -0.15) is 0 Å². The molecule has 0 bridgehead atoms. The summed E-state index contributed by atoms with van der Waals surface area (Å²) in [5.41, 5.74) is 0. The molecule has 74 valence electrons. The number of rotatable bonds is 8. The molecule has 12 heavy (non-hydrogen) atoms. The highest BCUT2D eigenvalue weighted by atomic mass is 16.3. The number of unbranched alkanes of at least 4 members (excludes halogenated alkanes) is 4. The highest BCUT2D eigenvalue weighted by Crippen LogP contribution is 2.01. The monoisotopic (exact) mass is 173 g/mol. The average Bonchev–Trinajstić information content (AvgIpc) is 2.10. The van der Waals surface area contributed by atoms with E-state index >= 15 is 0 Å². The van der Waals surface area contributed by atoms with Crippen LogP contribution >= 0.6 is 0 Å². The molecule has 0 saturated carbocycles. The van der Waals surface area contributed by atoms with Crippen molar-refractivity contribution in [1.82, 2.24) is 5.32 Å². The Morgan fingerprint density at radius 3 is 2.42 bits per heavy atom. The van der Waals surface area contributed by atoms with Crippen LogP contribution in [0.1, 0.15) is 46.0 Å². The molecule has 2 nitrogen and oxygen atoms in total. The first kappa shape index (κ1) is 11.9. The van der Waals surface area contributed by atoms with E-state index in [9.17, 15) is 0 Å². The van der Waals surface area contributed by atoms with E-state index < -0.39 is 0 Å². The molecular formula is C10H23NO. The highest BCUT2D eigenvalue weighted by molar-refractivity contribution is 4.57. The van der Waals surface area contributed by atoms with Crippen LogP contribution in [0.4, 0.5) is 0 Å². The van der Waals surface area contributed by atoms with E-state index in [2.05, 4.69) is 12.2 Å². The van der Waals surface area contributed by atoms with Crippen molar-refractivity contribution >= 4 is 0 Å². The zero-order valence-electron chi connectivity index (χ0n) is 8.47. The minimum Gasteiger partial charge on any atom is -0.395 e. The predicted octanol–water partition coefficient (Wildman–Crippen LogP) is 1.93. The van der Waals surface area contributed by atoms with Gasteiger partial charge in [-0.1, -0.05) is 32.6 Å². The summed E-state index contributed by atoms with van der Waals surface area (Å²) in [7, 11) is 0. The zero-order valence-corrected chi connectivity index (χ0v) is 8.47. The van der Waals surface area contributed by atoms with E-state index in [-0.39, 0.29) is 12.6 Å².